The molecule has 0 heterocycles. The Bertz CT molecular complexity index is 314. The van der Waals surface area contributed by atoms with Crippen LogP contribution < -0.4 is 5.73 Å². The SMILES string of the molecule is CCCN(CCOCCO)Cc1ccc(N)cc1. The summed E-state index contributed by atoms with van der Waals surface area (Å²) in [4.78, 5) is 2.35. The topological polar surface area (TPSA) is 58.7 Å². The average Bonchev–Trinajstić information content (AvgIpc) is 2.37. The van der Waals surface area contributed by atoms with Crippen molar-refractivity contribution in [3.8, 4) is 0 Å². The number of nitrogens with zero attached hydrogens (tertiary/aromatic N) is 1. The Morgan fingerprint density at radius 2 is 1.89 bits per heavy atom. The minimum atomic E-state index is 0.0890. The van der Waals surface area contributed by atoms with Crippen LogP contribution >= 0.6 is 0 Å². The van der Waals surface area contributed by atoms with Crippen LogP contribution in [0.1, 0.15) is 18.9 Å². The first-order valence-electron chi connectivity index (χ1n) is 6.51. The van der Waals surface area contributed by atoms with Crippen LogP contribution in [-0.4, -0.2) is 42.9 Å². The van der Waals surface area contributed by atoms with Gasteiger partial charge in [-0.3, -0.25) is 4.90 Å². The van der Waals surface area contributed by atoms with Crippen molar-refractivity contribution in [3.63, 3.8) is 0 Å². The van der Waals surface area contributed by atoms with Gasteiger partial charge in [0.2, 0.25) is 0 Å². The van der Waals surface area contributed by atoms with Gasteiger partial charge in [0.1, 0.15) is 0 Å². The van der Waals surface area contributed by atoms with Gasteiger partial charge in [-0.2, -0.15) is 0 Å². The zero-order valence-electron chi connectivity index (χ0n) is 11.1. The predicted octanol–water partition coefficient (Wildman–Crippen LogP) is 1.49. The molecule has 0 aliphatic carbocycles. The summed E-state index contributed by atoms with van der Waals surface area (Å²) in [5, 5.41) is 8.65. The van der Waals surface area contributed by atoms with Crippen molar-refractivity contribution in [1.29, 1.82) is 0 Å². The molecule has 102 valence electrons. The number of nitrogens with two attached hydrogens (primary N) is 1. The van der Waals surface area contributed by atoms with E-state index in [9.17, 15) is 0 Å². The van der Waals surface area contributed by atoms with Crippen molar-refractivity contribution in [2.45, 2.75) is 19.9 Å². The molecule has 0 saturated carbocycles. The number of nitrogen functional groups attached to an aromatic ring is 1. The third kappa shape index (κ3) is 6.00. The maximum absolute atomic E-state index is 8.65. The van der Waals surface area contributed by atoms with Crippen LogP contribution in [0.3, 0.4) is 0 Å². The normalized spacial score (nSPS) is 11.1. The molecule has 1 aromatic carbocycles. The van der Waals surface area contributed by atoms with Crippen molar-refractivity contribution in [3.05, 3.63) is 29.8 Å². The van der Waals surface area contributed by atoms with Gasteiger partial charge in [0.25, 0.3) is 0 Å². The maximum atomic E-state index is 8.65. The molecule has 0 unspecified atom stereocenters. The van der Waals surface area contributed by atoms with Crippen molar-refractivity contribution in [2.24, 2.45) is 0 Å². The van der Waals surface area contributed by atoms with Gasteiger partial charge in [-0.05, 0) is 30.7 Å². The van der Waals surface area contributed by atoms with Gasteiger partial charge in [0.15, 0.2) is 0 Å². The lowest BCUT2D eigenvalue weighted by molar-refractivity contribution is 0.0720. The molecule has 0 fully saturated rings. The number of hydrogen-bond acceptors (Lipinski definition) is 4. The second-order valence-electron chi connectivity index (χ2n) is 4.35. The number of aliphatic hydroxyl groups is 1. The fourth-order valence-electron chi connectivity index (χ4n) is 1.83. The Labute approximate surface area is 109 Å². The van der Waals surface area contributed by atoms with Gasteiger partial charge in [-0.15, -0.1) is 0 Å². The van der Waals surface area contributed by atoms with Crippen LogP contribution in [0.4, 0.5) is 5.69 Å². The van der Waals surface area contributed by atoms with Crippen molar-refractivity contribution >= 4 is 5.69 Å². The number of hydrogen-bond donors (Lipinski definition) is 2. The highest BCUT2D eigenvalue weighted by atomic mass is 16.5. The van der Waals surface area contributed by atoms with Crippen LogP contribution in [0.15, 0.2) is 24.3 Å². The maximum Gasteiger partial charge on any atom is 0.0698 e. The summed E-state index contributed by atoms with van der Waals surface area (Å²) < 4.78 is 5.30. The van der Waals surface area contributed by atoms with Crippen LogP contribution in [0.25, 0.3) is 0 Å². The van der Waals surface area contributed by atoms with E-state index in [-0.39, 0.29) is 6.61 Å². The molecule has 1 rings (SSSR count). The van der Waals surface area contributed by atoms with E-state index in [0.717, 1.165) is 31.7 Å². The summed E-state index contributed by atoms with van der Waals surface area (Å²) in [5.41, 5.74) is 7.73. The fraction of sp³-hybridized carbons (Fsp3) is 0.571. The molecular weight excluding hydrogens is 228 g/mol. The number of rotatable bonds is 9. The van der Waals surface area contributed by atoms with E-state index in [1.807, 2.05) is 12.1 Å². The molecular formula is C14H24N2O2. The fourth-order valence-corrected chi connectivity index (χ4v) is 1.83. The summed E-state index contributed by atoms with van der Waals surface area (Å²) in [5.74, 6) is 0. The zero-order valence-corrected chi connectivity index (χ0v) is 11.1. The number of ether oxygens (including phenoxy) is 1. The molecule has 0 amide bonds. The first-order valence-corrected chi connectivity index (χ1v) is 6.51. The number of anilines is 1. The van der Waals surface area contributed by atoms with Gasteiger partial charge in [-0.1, -0.05) is 19.1 Å². The Hall–Kier alpha value is -1.10. The van der Waals surface area contributed by atoms with Crippen LogP contribution in [0.5, 0.6) is 0 Å². The molecule has 0 atom stereocenters. The second-order valence-corrected chi connectivity index (χ2v) is 4.35. The molecule has 4 nitrogen and oxygen atoms in total. The minimum Gasteiger partial charge on any atom is -0.399 e. The van der Waals surface area contributed by atoms with Crippen molar-refractivity contribution in [1.82, 2.24) is 4.90 Å². The molecule has 3 N–H and O–H groups in total. The molecule has 4 heteroatoms. The van der Waals surface area contributed by atoms with Crippen LogP contribution in [0, 0.1) is 0 Å². The summed E-state index contributed by atoms with van der Waals surface area (Å²) in [6, 6.07) is 7.99. The van der Waals surface area contributed by atoms with Gasteiger partial charge in [0.05, 0.1) is 19.8 Å². The molecule has 0 saturated heterocycles. The third-order valence-electron chi connectivity index (χ3n) is 2.71. The van der Waals surface area contributed by atoms with Gasteiger partial charge >= 0.3 is 0 Å². The molecule has 0 bridgehead atoms. The van der Waals surface area contributed by atoms with Gasteiger partial charge in [-0.25, -0.2) is 0 Å². The average molecular weight is 252 g/mol. The van der Waals surface area contributed by atoms with Gasteiger partial charge in [0, 0.05) is 18.8 Å². The van der Waals surface area contributed by atoms with E-state index in [1.54, 1.807) is 0 Å². The van der Waals surface area contributed by atoms with Crippen molar-refractivity contribution in [2.75, 3.05) is 38.6 Å². The summed E-state index contributed by atoms with van der Waals surface area (Å²) in [6.45, 7) is 6.19. The number of aliphatic hydroxyl groups excluding tert-OH is 1. The van der Waals surface area contributed by atoms with E-state index in [2.05, 4.69) is 24.0 Å². The monoisotopic (exact) mass is 252 g/mol. The second kappa shape index (κ2) is 8.91. The van der Waals surface area contributed by atoms with Gasteiger partial charge < -0.3 is 15.6 Å². The lowest BCUT2D eigenvalue weighted by Gasteiger charge is -2.21. The number of benzene rings is 1. The zero-order chi connectivity index (χ0) is 13.2. The highest BCUT2D eigenvalue weighted by molar-refractivity contribution is 5.39. The predicted molar refractivity (Wildman–Crippen MR) is 74.3 cm³/mol. The Balaban J connectivity index is 2.38. The Morgan fingerprint density at radius 1 is 1.17 bits per heavy atom. The molecule has 0 radical (unpaired) electrons. The van der Waals surface area contributed by atoms with E-state index < -0.39 is 0 Å². The molecule has 18 heavy (non-hydrogen) atoms. The molecule has 1 aromatic rings. The first-order chi connectivity index (χ1) is 8.76. The lowest BCUT2D eigenvalue weighted by Crippen LogP contribution is -2.28. The largest absolute Gasteiger partial charge is 0.399 e. The van der Waals surface area contributed by atoms with Crippen molar-refractivity contribution < 1.29 is 9.84 Å². The standard InChI is InChI=1S/C14H24N2O2/c1-2-7-16(8-10-18-11-9-17)12-13-3-5-14(15)6-4-13/h3-6,17H,2,7-12,15H2,1H3. The summed E-state index contributed by atoms with van der Waals surface area (Å²) >= 11 is 0. The molecule has 0 aliphatic rings. The first kappa shape index (κ1) is 15.0. The third-order valence-corrected chi connectivity index (χ3v) is 2.71. The highest BCUT2D eigenvalue weighted by Gasteiger charge is 2.04. The van der Waals surface area contributed by atoms with Crippen LogP contribution in [0.2, 0.25) is 0 Å². The van der Waals surface area contributed by atoms with E-state index in [1.165, 1.54) is 5.56 Å². The van der Waals surface area contributed by atoms with Crippen LogP contribution in [-0.2, 0) is 11.3 Å². The minimum absolute atomic E-state index is 0.0890. The smallest absolute Gasteiger partial charge is 0.0698 e. The quantitative estimate of drug-likeness (QED) is 0.516. The van der Waals surface area contributed by atoms with E-state index in [0.29, 0.717) is 13.2 Å². The Morgan fingerprint density at radius 3 is 2.50 bits per heavy atom. The van der Waals surface area contributed by atoms with E-state index >= 15 is 0 Å². The molecule has 0 spiro atoms. The summed E-state index contributed by atoms with van der Waals surface area (Å²) in [7, 11) is 0. The summed E-state index contributed by atoms with van der Waals surface area (Å²) in [6.07, 6.45) is 1.12. The highest BCUT2D eigenvalue weighted by Crippen LogP contribution is 2.08. The molecule has 0 aromatic heterocycles. The van der Waals surface area contributed by atoms with E-state index in [4.69, 9.17) is 15.6 Å². The lowest BCUT2D eigenvalue weighted by atomic mass is 10.2. The molecule has 0 aliphatic heterocycles. The Kier molecular flexibility index (Phi) is 7.41.